The molecule has 2 amide bonds. The largest absolute Gasteiger partial charge is 0.480 e. The van der Waals surface area contributed by atoms with Crippen molar-refractivity contribution in [3.63, 3.8) is 0 Å². The van der Waals surface area contributed by atoms with Crippen LogP contribution in [-0.2, 0) is 4.79 Å². The summed E-state index contributed by atoms with van der Waals surface area (Å²) in [6.45, 7) is 2.24. The number of halogens is 2. The summed E-state index contributed by atoms with van der Waals surface area (Å²) in [5, 5.41) is 8.89. The second-order valence-corrected chi connectivity index (χ2v) is 10.5. The lowest BCUT2D eigenvalue weighted by molar-refractivity contribution is -0.135. The highest BCUT2D eigenvalue weighted by molar-refractivity contribution is 6.30. The maximum atomic E-state index is 13.7. The van der Waals surface area contributed by atoms with E-state index in [1.807, 2.05) is 35.2 Å². The molecule has 2 aromatic carbocycles. The van der Waals surface area contributed by atoms with E-state index in [1.165, 1.54) is 29.2 Å². The number of amides is 2. The summed E-state index contributed by atoms with van der Waals surface area (Å²) in [6.07, 6.45) is 0.822. The van der Waals surface area contributed by atoms with Gasteiger partial charge in [-0.25, -0.2) is 9.18 Å². The van der Waals surface area contributed by atoms with Crippen molar-refractivity contribution in [1.82, 2.24) is 20.0 Å². The number of likely N-dealkylation sites (N-methyl/N-ethyl adjacent to an activating group) is 1. The fourth-order valence-electron chi connectivity index (χ4n) is 5.41. The molecular formula is C29H31ClFN5O4. The molecule has 0 aliphatic carbocycles. The maximum Gasteiger partial charge on any atom is 0.415 e. The summed E-state index contributed by atoms with van der Waals surface area (Å²) < 4.78 is 23.9. The number of benzene rings is 2. The molecular weight excluding hydrogens is 537 g/mol. The number of carbonyl (C=O) groups excluding carboxylic acids is 2. The number of nitrogens with zero attached hydrogens (tertiary/aromatic N) is 5. The van der Waals surface area contributed by atoms with Crippen LogP contribution in [0.4, 0.5) is 15.0 Å². The van der Waals surface area contributed by atoms with Gasteiger partial charge in [-0.2, -0.15) is 0 Å². The van der Waals surface area contributed by atoms with Gasteiger partial charge in [-0.05, 0) is 60.9 Å². The molecule has 3 heterocycles. The second-order valence-electron chi connectivity index (χ2n) is 10.1. The first kappa shape index (κ1) is 27.6. The van der Waals surface area contributed by atoms with Gasteiger partial charge in [-0.15, -0.1) is 10.2 Å². The van der Waals surface area contributed by atoms with E-state index < -0.39 is 11.9 Å². The summed E-state index contributed by atoms with van der Waals surface area (Å²) in [4.78, 5) is 32.3. The van der Waals surface area contributed by atoms with Crippen molar-refractivity contribution in [2.45, 2.75) is 24.8 Å². The van der Waals surface area contributed by atoms with E-state index in [0.717, 1.165) is 11.4 Å². The first-order valence-electron chi connectivity index (χ1n) is 13.2. The molecule has 2 aliphatic rings. The highest BCUT2D eigenvalue weighted by Crippen LogP contribution is 2.34. The first-order valence-corrected chi connectivity index (χ1v) is 13.6. The normalized spacial score (nSPS) is 19.4. The number of likely N-dealkylation sites (tertiary alicyclic amines) is 1. The van der Waals surface area contributed by atoms with Gasteiger partial charge in [0.2, 0.25) is 11.8 Å². The number of ether oxygens (including phenoxy) is 2. The van der Waals surface area contributed by atoms with Crippen LogP contribution in [0.1, 0.15) is 24.3 Å². The van der Waals surface area contributed by atoms with E-state index in [4.69, 9.17) is 21.1 Å². The molecule has 3 aromatic rings. The Bertz CT molecular complexity index is 1320. The fourth-order valence-corrected chi connectivity index (χ4v) is 5.54. The smallest absolute Gasteiger partial charge is 0.415 e. The van der Waals surface area contributed by atoms with Crippen LogP contribution >= 0.6 is 11.6 Å². The van der Waals surface area contributed by atoms with Crippen LogP contribution < -0.4 is 14.4 Å². The molecule has 11 heteroatoms. The van der Waals surface area contributed by atoms with E-state index in [1.54, 1.807) is 20.2 Å². The number of rotatable bonds is 6. The predicted molar refractivity (Wildman–Crippen MR) is 148 cm³/mol. The third kappa shape index (κ3) is 6.12. The lowest BCUT2D eigenvalue weighted by Gasteiger charge is -2.33. The van der Waals surface area contributed by atoms with Crippen LogP contribution in [0.2, 0.25) is 5.02 Å². The summed E-state index contributed by atoms with van der Waals surface area (Å²) >= 11 is 6.13. The molecule has 9 nitrogen and oxygen atoms in total. The Morgan fingerprint density at radius 3 is 2.30 bits per heavy atom. The molecule has 40 heavy (non-hydrogen) atoms. The van der Waals surface area contributed by atoms with Crippen molar-refractivity contribution in [2.75, 3.05) is 45.2 Å². The Kier molecular flexibility index (Phi) is 8.35. The van der Waals surface area contributed by atoms with Crippen molar-refractivity contribution in [1.29, 1.82) is 0 Å². The van der Waals surface area contributed by atoms with Gasteiger partial charge >= 0.3 is 6.09 Å². The molecule has 210 valence electrons. The number of piperidine rings is 1. The average Bonchev–Trinajstić information content (AvgIpc) is 3.43. The van der Waals surface area contributed by atoms with Gasteiger partial charge in [0.25, 0.3) is 0 Å². The van der Waals surface area contributed by atoms with Crippen LogP contribution in [-0.4, -0.2) is 78.4 Å². The Morgan fingerprint density at radius 2 is 1.68 bits per heavy atom. The zero-order valence-corrected chi connectivity index (χ0v) is 23.1. The van der Waals surface area contributed by atoms with Gasteiger partial charge in [-0.1, -0.05) is 23.7 Å². The van der Waals surface area contributed by atoms with Crippen LogP contribution in [0.25, 0.3) is 0 Å². The molecule has 0 bridgehead atoms. The number of aromatic nitrogens is 2. The molecule has 2 atom stereocenters. The number of anilines is 1. The molecule has 1 unspecified atom stereocenters. The van der Waals surface area contributed by atoms with Crippen molar-refractivity contribution >= 4 is 29.4 Å². The van der Waals surface area contributed by atoms with Crippen LogP contribution in [0, 0.1) is 11.7 Å². The Balaban J connectivity index is 1.27. The molecule has 2 aliphatic heterocycles. The fraction of sp³-hybridized carbons (Fsp3) is 0.379. The second kappa shape index (κ2) is 12.1. The lowest BCUT2D eigenvalue weighted by Crippen LogP contribution is -2.45. The van der Waals surface area contributed by atoms with Gasteiger partial charge in [0, 0.05) is 56.2 Å². The van der Waals surface area contributed by atoms with E-state index in [0.29, 0.717) is 49.9 Å². The topological polar surface area (TPSA) is 88.1 Å². The zero-order valence-electron chi connectivity index (χ0n) is 22.4. The summed E-state index contributed by atoms with van der Waals surface area (Å²) in [7, 11) is 3.22. The Labute approximate surface area is 237 Å². The number of hydrogen-bond acceptors (Lipinski definition) is 7. The van der Waals surface area contributed by atoms with E-state index >= 15 is 0 Å². The molecule has 0 saturated carbocycles. The molecule has 1 aromatic heterocycles. The predicted octanol–water partition coefficient (Wildman–Crippen LogP) is 4.62. The highest BCUT2D eigenvalue weighted by Gasteiger charge is 2.42. The van der Waals surface area contributed by atoms with E-state index in [9.17, 15) is 14.0 Å². The quantitative estimate of drug-likeness (QED) is 0.429. The van der Waals surface area contributed by atoms with Crippen LogP contribution in [0.15, 0.2) is 60.7 Å². The van der Waals surface area contributed by atoms with Crippen molar-refractivity contribution in [2.24, 2.45) is 5.92 Å². The van der Waals surface area contributed by atoms with Gasteiger partial charge in [-0.3, -0.25) is 4.79 Å². The SMILES string of the molecule is COc1ccc(N2CCC(C(=O)N3CC(c4ccc(Cl)cc4)[C@H](N(C)C(=O)Oc4ccc(F)cc4)C3)CC2)nn1. The van der Waals surface area contributed by atoms with Crippen molar-refractivity contribution in [3.8, 4) is 11.6 Å². The van der Waals surface area contributed by atoms with E-state index in [2.05, 4.69) is 15.1 Å². The summed E-state index contributed by atoms with van der Waals surface area (Å²) in [5.74, 6) is 0.896. The monoisotopic (exact) mass is 567 g/mol. The van der Waals surface area contributed by atoms with Gasteiger partial charge in [0.05, 0.1) is 13.2 Å². The van der Waals surface area contributed by atoms with E-state index in [-0.39, 0.29) is 29.5 Å². The summed E-state index contributed by atoms with van der Waals surface area (Å²) in [6, 6.07) is 16.1. The number of hydrogen-bond donors (Lipinski definition) is 0. The van der Waals surface area contributed by atoms with Crippen molar-refractivity contribution < 1.29 is 23.5 Å². The lowest BCUT2D eigenvalue weighted by atomic mass is 9.93. The average molecular weight is 568 g/mol. The van der Waals surface area contributed by atoms with Crippen LogP contribution in [0.3, 0.4) is 0 Å². The molecule has 2 saturated heterocycles. The zero-order chi connectivity index (χ0) is 28.2. The number of carbonyl (C=O) groups is 2. The number of methoxy groups -OCH3 is 1. The third-order valence-electron chi connectivity index (χ3n) is 7.71. The third-order valence-corrected chi connectivity index (χ3v) is 7.96. The Morgan fingerprint density at radius 1 is 0.975 bits per heavy atom. The van der Waals surface area contributed by atoms with Gasteiger partial charge < -0.3 is 24.2 Å². The summed E-state index contributed by atoms with van der Waals surface area (Å²) in [5.41, 5.74) is 0.985. The van der Waals surface area contributed by atoms with Crippen LogP contribution in [0.5, 0.6) is 11.6 Å². The molecule has 2 fully saturated rings. The maximum absolute atomic E-state index is 13.7. The first-order chi connectivity index (χ1) is 19.3. The molecule has 5 rings (SSSR count). The molecule has 0 spiro atoms. The van der Waals surface area contributed by atoms with Crippen molar-refractivity contribution in [3.05, 3.63) is 77.1 Å². The van der Waals surface area contributed by atoms with Gasteiger partial charge in [0.15, 0.2) is 5.82 Å². The minimum atomic E-state index is -0.571. The standard InChI is InChI=1S/C29H31ClFN5O4/c1-34(29(38)40-23-9-7-22(31)8-10-23)25-18-36(17-24(25)19-3-5-21(30)6-4-19)28(37)20-13-15-35(16-14-20)26-11-12-27(39-2)33-32-26/h3-12,20,24-25H,13-18H2,1-2H3/t24?,25-/m1/s1. The minimum absolute atomic E-state index is 0.0854. The molecule has 0 radical (unpaired) electrons. The Hall–Kier alpha value is -3.92. The molecule has 0 N–H and O–H groups in total. The highest BCUT2D eigenvalue weighted by atomic mass is 35.5. The minimum Gasteiger partial charge on any atom is -0.480 e. The van der Waals surface area contributed by atoms with Gasteiger partial charge in [0.1, 0.15) is 11.6 Å².